The van der Waals surface area contributed by atoms with Crippen molar-refractivity contribution >= 4 is 40.8 Å². The predicted molar refractivity (Wildman–Crippen MR) is 127 cm³/mol. The third-order valence-electron chi connectivity index (χ3n) is 5.04. The number of rotatable bonds is 12. The lowest BCUT2D eigenvalue weighted by Crippen LogP contribution is -2.05. The molecule has 0 bridgehead atoms. The second-order valence-corrected chi connectivity index (χ2v) is 8.27. The maximum absolute atomic E-state index is 11.2. The lowest BCUT2D eigenvalue weighted by Gasteiger charge is -2.17. The van der Waals surface area contributed by atoms with Gasteiger partial charge in [-0.15, -0.1) is 0 Å². The van der Waals surface area contributed by atoms with Gasteiger partial charge in [-0.3, -0.25) is 0 Å². The molecule has 0 aromatic heterocycles. The van der Waals surface area contributed by atoms with Crippen molar-refractivity contribution in [3.05, 3.63) is 43.9 Å². The van der Waals surface area contributed by atoms with Crippen LogP contribution in [0, 0.1) is 0 Å². The Hall–Kier alpha value is -2.02. The van der Waals surface area contributed by atoms with E-state index in [9.17, 15) is 15.0 Å². The van der Waals surface area contributed by atoms with Crippen LogP contribution in [0.15, 0.2) is 12.1 Å². The highest BCUT2D eigenvalue weighted by molar-refractivity contribution is 6.49. The van der Waals surface area contributed by atoms with Crippen LogP contribution in [-0.4, -0.2) is 37.0 Å². The number of hydrogen-bond donors (Lipinski definition) is 2. The molecule has 32 heavy (non-hydrogen) atoms. The van der Waals surface area contributed by atoms with Gasteiger partial charge in [0.25, 0.3) is 0 Å². The number of halogens is 3. The van der Waals surface area contributed by atoms with Crippen LogP contribution in [0.25, 0.3) is 0 Å². The van der Waals surface area contributed by atoms with E-state index in [0.29, 0.717) is 47.3 Å². The van der Waals surface area contributed by atoms with Crippen molar-refractivity contribution in [1.82, 2.24) is 0 Å². The van der Waals surface area contributed by atoms with Crippen LogP contribution < -0.4 is 14.2 Å². The highest BCUT2D eigenvalue weighted by Crippen LogP contribution is 2.48. The molecule has 0 atom stereocenters. The largest absolute Gasteiger partial charge is 0.507 e. The summed E-state index contributed by atoms with van der Waals surface area (Å²) in [6.45, 7) is 2.38. The number of aromatic hydroxyl groups is 1. The van der Waals surface area contributed by atoms with E-state index < -0.39 is 5.97 Å². The summed E-state index contributed by atoms with van der Waals surface area (Å²) in [5, 5.41) is 20.3. The fraction of sp³-hybridized carbons (Fsp3) is 0.435. The molecule has 0 radical (unpaired) electrons. The minimum atomic E-state index is -1.17. The Bertz CT molecular complexity index is 962. The van der Waals surface area contributed by atoms with Crippen LogP contribution in [0.5, 0.6) is 23.0 Å². The molecule has 2 N–H and O–H groups in total. The summed E-state index contributed by atoms with van der Waals surface area (Å²) < 4.78 is 16.6. The van der Waals surface area contributed by atoms with Crippen molar-refractivity contribution in [3.63, 3.8) is 0 Å². The van der Waals surface area contributed by atoms with Gasteiger partial charge < -0.3 is 24.4 Å². The summed E-state index contributed by atoms with van der Waals surface area (Å²) in [5.74, 6) is -0.0591. The van der Waals surface area contributed by atoms with Crippen LogP contribution in [0.4, 0.5) is 0 Å². The van der Waals surface area contributed by atoms with Crippen LogP contribution >= 0.6 is 34.8 Å². The highest BCUT2D eigenvalue weighted by atomic mass is 35.5. The number of ether oxygens (including phenoxy) is 3. The smallest absolute Gasteiger partial charge is 0.339 e. The molecule has 0 fully saturated rings. The quantitative estimate of drug-likeness (QED) is 0.243. The van der Waals surface area contributed by atoms with Gasteiger partial charge in [0.05, 0.1) is 30.9 Å². The van der Waals surface area contributed by atoms with Gasteiger partial charge in [0.15, 0.2) is 11.5 Å². The first-order valence-electron chi connectivity index (χ1n) is 10.3. The Morgan fingerprint density at radius 1 is 0.906 bits per heavy atom. The predicted octanol–water partition coefficient (Wildman–Crippen LogP) is 6.81. The molecule has 2 rings (SSSR count). The van der Waals surface area contributed by atoms with E-state index >= 15 is 0 Å². The van der Waals surface area contributed by atoms with Gasteiger partial charge in [0, 0.05) is 11.1 Å². The topological polar surface area (TPSA) is 85.2 Å². The number of carboxylic acid groups (broad SMARTS) is 1. The van der Waals surface area contributed by atoms with E-state index in [2.05, 4.69) is 0 Å². The second-order valence-electron chi connectivity index (χ2n) is 7.14. The summed E-state index contributed by atoms with van der Waals surface area (Å²) in [6, 6.07) is 2.96. The molecular weight excluding hydrogens is 479 g/mol. The number of phenols is 1. The molecule has 0 heterocycles. The highest BCUT2D eigenvalue weighted by Gasteiger charge is 2.22. The van der Waals surface area contributed by atoms with Gasteiger partial charge in [0.2, 0.25) is 0 Å². The molecule has 2 aromatic rings. The van der Waals surface area contributed by atoms with Gasteiger partial charge in [-0.25, -0.2) is 4.79 Å². The number of aromatic carboxylic acids is 1. The molecule has 0 aliphatic rings. The van der Waals surface area contributed by atoms with Crippen molar-refractivity contribution in [1.29, 1.82) is 0 Å². The van der Waals surface area contributed by atoms with Crippen molar-refractivity contribution < 1.29 is 29.2 Å². The Morgan fingerprint density at radius 2 is 1.59 bits per heavy atom. The van der Waals surface area contributed by atoms with Crippen molar-refractivity contribution in [3.8, 4) is 23.0 Å². The third kappa shape index (κ3) is 5.85. The summed E-state index contributed by atoms with van der Waals surface area (Å²) >= 11 is 18.8. The molecule has 0 spiro atoms. The minimum absolute atomic E-state index is 0.122. The number of carbonyl (C=O) groups is 1. The standard InChI is InChI=1S/C23H27Cl3O6/c1-4-8-13-16(11-10-15(20(13)27)23(28)29)32-12-7-5-6-9-14-17(24)18(25)19(26)22(31-3)21(14)30-2/h10-11,27H,4-9,12H2,1-3H3,(H,28,29). The molecule has 2 aromatic carbocycles. The van der Waals surface area contributed by atoms with Crippen molar-refractivity contribution in [2.45, 2.75) is 45.4 Å². The van der Waals surface area contributed by atoms with E-state index in [-0.39, 0.29) is 21.4 Å². The van der Waals surface area contributed by atoms with Crippen LogP contribution in [0.3, 0.4) is 0 Å². The zero-order chi connectivity index (χ0) is 23.8. The molecular formula is C23H27Cl3O6. The number of methoxy groups -OCH3 is 2. The zero-order valence-electron chi connectivity index (χ0n) is 18.3. The fourth-order valence-corrected chi connectivity index (χ4v) is 4.25. The SMILES string of the molecule is CCCc1c(OCCCCCc2c(Cl)c(Cl)c(Cl)c(OC)c2OC)ccc(C(=O)O)c1O. The Labute approximate surface area is 203 Å². The first-order valence-corrected chi connectivity index (χ1v) is 11.4. The average molecular weight is 506 g/mol. The van der Waals surface area contributed by atoms with Gasteiger partial charge in [-0.1, -0.05) is 48.1 Å². The molecule has 0 aliphatic carbocycles. The maximum atomic E-state index is 11.2. The maximum Gasteiger partial charge on any atom is 0.339 e. The normalized spacial score (nSPS) is 10.8. The molecule has 9 heteroatoms. The fourth-order valence-electron chi connectivity index (χ4n) is 3.47. The lowest BCUT2D eigenvalue weighted by atomic mass is 10.0. The van der Waals surface area contributed by atoms with E-state index in [4.69, 9.17) is 49.0 Å². The monoisotopic (exact) mass is 504 g/mol. The molecule has 0 amide bonds. The number of carboxylic acids is 1. The first-order chi connectivity index (χ1) is 15.3. The molecule has 0 saturated carbocycles. The van der Waals surface area contributed by atoms with Gasteiger partial charge in [-0.05, 0) is 44.2 Å². The number of hydrogen-bond acceptors (Lipinski definition) is 5. The van der Waals surface area contributed by atoms with Gasteiger partial charge >= 0.3 is 5.97 Å². The summed E-state index contributed by atoms with van der Waals surface area (Å²) in [6.07, 6.45) is 4.29. The van der Waals surface area contributed by atoms with E-state index in [1.54, 1.807) is 6.07 Å². The van der Waals surface area contributed by atoms with E-state index in [1.807, 2.05) is 6.92 Å². The van der Waals surface area contributed by atoms with Crippen LogP contribution in [0.1, 0.15) is 54.1 Å². The van der Waals surface area contributed by atoms with E-state index in [0.717, 1.165) is 31.2 Å². The lowest BCUT2D eigenvalue weighted by molar-refractivity contribution is 0.0693. The Morgan fingerprint density at radius 3 is 2.19 bits per heavy atom. The van der Waals surface area contributed by atoms with Crippen molar-refractivity contribution in [2.24, 2.45) is 0 Å². The molecule has 6 nitrogen and oxygen atoms in total. The second kappa shape index (κ2) is 12.3. The van der Waals surface area contributed by atoms with E-state index in [1.165, 1.54) is 20.3 Å². The molecule has 176 valence electrons. The van der Waals surface area contributed by atoms with Crippen LogP contribution in [0.2, 0.25) is 15.1 Å². The minimum Gasteiger partial charge on any atom is -0.507 e. The van der Waals surface area contributed by atoms with Gasteiger partial charge in [-0.2, -0.15) is 0 Å². The molecule has 0 aliphatic heterocycles. The average Bonchev–Trinajstić information content (AvgIpc) is 2.77. The number of benzene rings is 2. The van der Waals surface area contributed by atoms with Crippen LogP contribution in [-0.2, 0) is 12.8 Å². The summed E-state index contributed by atoms with van der Waals surface area (Å²) in [4.78, 5) is 11.2. The number of unbranched alkanes of at least 4 members (excludes halogenated alkanes) is 2. The van der Waals surface area contributed by atoms with Gasteiger partial charge in [0.1, 0.15) is 22.1 Å². The van der Waals surface area contributed by atoms with Crippen molar-refractivity contribution in [2.75, 3.05) is 20.8 Å². The summed E-state index contributed by atoms with van der Waals surface area (Å²) in [5.41, 5.74) is 1.14. The first kappa shape index (κ1) is 26.2. The Balaban J connectivity index is 1.98. The molecule has 0 unspecified atom stereocenters. The Kier molecular flexibility index (Phi) is 10.1. The zero-order valence-corrected chi connectivity index (χ0v) is 20.5. The third-order valence-corrected chi connectivity index (χ3v) is 6.39. The summed E-state index contributed by atoms with van der Waals surface area (Å²) in [7, 11) is 3.01. The molecule has 0 saturated heterocycles.